The molecule has 31 heavy (non-hydrogen) atoms. The van der Waals surface area contributed by atoms with Crippen molar-refractivity contribution < 1.29 is 9.59 Å². The number of aromatic nitrogens is 3. The highest BCUT2D eigenvalue weighted by atomic mass is 32.2. The number of rotatable bonds is 7. The molecule has 0 bridgehead atoms. The summed E-state index contributed by atoms with van der Waals surface area (Å²) in [5, 5.41) is 14.6. The number of para-hydroxylation sites is 1. The lowest BCUT2D eigenvalue weighted by Crippen LogP contribution is -2.34. The lowest BCUT2D eigenvalue weighted by atomic mass is 10.1. The van der Waals surface area contributed by atoms with Crippen LogP contribution in [0.15, 0.2) is 41.6 Å². The molecule has 2 amide bonds. The Morgan fingerprint density at radius 2 is 1.65 bits per heavy atom. The minimum absolute atomic E-state index is 0.0874. The van der Waals surface area contributed by atoms with Crippen molar-refractivity contribution in [2.24, 2.45) is 0 Å². The molecule has 2 N–H and O–H groups in total. The van der Waals surface area contributed by atoms with E-state index in [0.717, 1.165) is 39.5 Å². The average molecular weight is 438 g/mol. The van der Waals surface area contributed by atoms with Gasteiger partial charge in [0.1, 0.15) is 5.82 Å². The molecule has 8 heteroatoms. The Bertz CT molecular complexity index is 1100. The minimum Gasteiger partial charge on any atom is -0.346 e. The number of aryl methyl sites for hydroxylation is 5. The molecular formula is C23H27N5O2S. The zero-order valence-corrected chi connectivity index (χ0v) is 19.3. The third-order valence-corrected chi connectivity index (χ3v) is 5.85. The van der Waals surface area contributed by atoms with Gasteiger partial charge in [0.15, 0.2) is 5.16 Å². The van der Waals surface area contributed by atoms with Crippen molar-refractivity contribution in [2.45, 2.75) is 39.8 Å². The van der Waals surface area contributed by atoms with E-state index in [1.807, 2.05) is 57.4 Å². The van der Waals surface area contributed by atoms with Gasteiger partial charge in [-0.3, -0.25) is 14.2 Å². The van der Waals surface area contributed by atoms with E-state index in [-0.39, 0.29) is 24.1 Å². The predicted molar refractivity (Wildman–Crippen MR) is 124 cm³/mol. The topological polar surface area (TPSA) is 88.9 Å². The van der Waals surface area contributed by atoms with Crippen molar-refractivity contribution in [3.05, 3.63) is 64.5 Å². The smallest absolute Gasteiger partial charge is 0.243 e. The SMILES string of the molecule is Cc1ccc(C)c(-n2c(C)nnc2SCC(=O)NCC(=O)Nc2c(C)cccc2C)c1. The van der Waals surface area contributed by atoms with Crippen molar-refractivity contribution in [2.75, 3.05) is 17.6 Å². The van der Waals surface area contributed by atoms with Crippen LogP contribution in [0.25, 0.3) is 5.69 Å². The second-order valence-electron chi connectivity index (χ2n) is 7.54. The molecule has 0 unspecified atom stereocenters. The molecule has 1 aromatic heterocycles. The Hall–Kier alpha value is -3.13. The third kappa shape index (κ3) is 5.52. The monoisotopic (exact) mass is 437 g/mol. The molecule has 1 heterocycles. The molecule has 2 aromatic carbocycles. The number of hydrogen-bond acceptors (Lipinski definition) is 5. The quantitative estimate of drug-likeness (QED) is 0.551. The number of anilines is 1. The van der Waals surface area contributed by atoms with Gasteiger partial charge < -0.3 is 10.6 Å². The molecule has 0 saturated heterocycles. The Kier molecular flexibility index (Phi) is 7.12. The number of nitrogens with one attached hydrogen (secondary N) is 2. The van der Waals surface area contributed by atoms with Gasteiger partial charge >= 0.3 is 0 Å². The maximum Gasteiger partial charge on any atom is 0.243 e. The van der Waals surface area contributed by atoms with Crippen LogP contribution in [0.5, 0.6) is 0 Å². The second-order valence-corrected chi connectivity index (χ2v) is 8.48. The minimum atomic E-state index is -0.259. The number of carbonyl (C=O) groups is 2. The summed E-state index contributed by atoms with van der Waals surface area (Å²) >= 11 is 1.29. The highest BCUT2D eigenvalue weighted by Crippen LogP contribution is 2.25. The third-order valence-electron chi connectivity index (χ3n) is 4.92. The largest absolute Gasteiger partial charge is 0.346 e. The van der Waals surface area contributed by atoms with Crippen LogP contribution in [-0.2, 0) is 9.59 Å². The van der Waals surface area contributed by atoms with Crippen LogP contribution in [0.4, 0.5) is 5.69 Å². The summed E-state index contributed by atoms with van der Waals surface area (Å²) in [6, 6.07) is 12.0. The van der Waals surface area contributed by atoms with E-state index in [4.69, 9.17) is 0 Å². The first kappa shape index (κ1) is 22.6. The van der Waals surface area contributed by atoms with Crippen LogP contribution < -0.4 is 10.6 Å². The van der Waals surface area contributed by atoms with Crippen molar-refractivity contribution in [1.82, 2.24) is 20.1 Å². The lowest BCUT2D eigenvalue weighted by molar-refractivity contribution is -0.122. The normalized spacial score (nSPS) is 10.7. The molecule has 0 radical (unpaired) electrons. The Labute approximate surface area is 186 Å². The highest BCUT2D eigenvalue weighted by molar-refractivity contribution is 7.99. The maximum absolute atomic E-state index is 12.3. The van der Waals surface area contributed by atoms with E-state index in [1.54, 1.807) is 0 Å². The van der Waals surface area contributed by atoms with Gasteiger partial charge in [-0.15, -0.1) is 10.2 Å². The van der Waals surface area contributed by atoms with E-state index in [2.05, 4.69) is 39.0 Å². The number of hydrogen-bond donors (Lipinski definition) is 2. The van der Waals surface area contributed by atoms with Gasteiger partial charge in [0.05, 0.1) is 18.0 Å². The number of nitrogens with zero attached hydrogens (tertiary/aromatic N) is 3. The standard InChI is InChI=1S/C23H27N5O2S/c1-14-9-10-15(2)19(11-14)28-18(5)26-27-23(28)31-13-21(30)24-12-20(29)25-22-16(3)7-6-8-17(22)4/h6-11H,12-13H2,1-5H3,(H,24,30)(H,25,29). The average Bonchev–Trinajstić information content (AvgIpc) is 3.09. The van der Waals surface area contributed by atoms with Gasteiger partial charge in [0.25, 0.3) is 0 Å². The van der Waals surface area contributed by atoms with E-state index in [9.17, 15) is 9.59 Å². The summed E-state index contributed by atoms with van der Waals surface area (Å²) in [5.74, 6) is 0.393. The number of carbonyl (C=O) groups excluding carboxylic acids is 2. The first-order valence-corrected chi connectivity index (χ1v) is 11.0. The number of benzene rings is 2. The van der Waals surface area contributed by atoms with Crippen LogP contribution in [-0.4, -0.2) is 38.9 Å². The lowest BCUT2D eigenvalue weighted by Gasteiger charge is -2.13. The fourth-order valence-corrected chi connectivity index (χ4v) is 4.05. The molecule has 0 fully saturated rings. The summed E-state index contributed by atoms with van der Waals surface area (Å²) in [6.45, 7) is 9.74. The Morgan fingerprint density at radius 3 is 2.35 bits per heavy atom. The van der Waals surface area contributed by atoms with Gasteiger partial charge in [-0.25, -0.2) is 0 Å². The van der Waals surface area contributed by atoms with Gasteiger partial charge in [0.2, 0.25) is 11.8 Å². The van der Waals surface area contributed by atoms with Crippen LogP contribution in [0.3, 0.4) is 0 Å². The molecule has 162 valence electrons. The molecule has 0 aliphatic heterocycles. The van der Waals surface area contributed by atoms with E-state index < -0.39 is 0 Å². The molecule has 3 rings (SSSR count). The van der Waals surface area contributed by atoms with E-state index in [1.165, 1.54) is 11.8 Å². The molecule has 0 atom stereocenters. The van der Waals surface area contributed by atoms with Gasteiger partial charge in [-0.1, -0.05) is 42.1 Å². The van der Waals surface area contributed by atoms with Crippen LogP contribution in [0.1, 0.15) is 28.1 Å². The van der Waals surface area contributed by atoms with Gasteiger partial charge in [-0.2, -0.15) is 0 Å². The number of amides is 2. The van der Waals surface area contributed by atoms with Gasteiger partial charge in [0, 0.05) is 5.69 Å². The zero-order chi connectivity index (χ0) is 22.5. The summed E-state index contributed by atoms with van der Waals surface area (Å²) in [4.78, 5) is 24.6. The summed E-state index contributed by atoms with van der Waals surface area (Å²) < 4.78 is 1.95. The Morgan fingerprint density at radius 1 is 0.935 bits per heavy atom. The van der Waals surface area contributed by atoms with Crippen LogP contribution >= 0.6 is 11.8 Å². The van der Waals surface area contributed by atoms with Crippen molar-refractivity contribution in [3.63, 3.8) is 0 Å². The fraction of sp³-hybridized carbons (Fsp3) is 0.304. The first-order chi connectivity index (χ1) is 14.8. The summed E-state index contributed by atoms with van der Waals surface area (Å²) in [7, 11) is 0. The fourth-order valence-electron chi connectivity index (χ4n) is 3.23. The molecule has 0 saturated carbocycles. The molecule has 0 aliphatic carbocycles. The highest BCUT2D eigenvalue weighted by Gasteiger charge is 2.16. The Balaban J connectivity index is 1.58. The summed E-state index contributed by atoms with van der Waals surface area (Å²) in [6.07, 6.45) is 0. The van der Waals surface area contributed by atoms with Crippen LogP contribution in [0, 0.1) is 34.6 Å². The van der Waals surface area contributed by atoms with E-state index >= 15 is 0 Å². The second kappa shape index (κ2) is 9.78. The molecule has 7 nitrogen and oxygen atoms in total. The molecule has 0 spiro atoms. The maximum atomic E-state index is 12.3. The van der Waals surface area contributed by atoms with Crippen molar-refractivity contribution >= 4 is 29.3 Å². The molecular weight excluding hydrogens is 410 g/mol. The first-order valence-electron chi connectivity index (χ1n) is 10.0. The van der Waals surface area contributed by atoms with Gasteiger partial charge in [-0.05, 0) is 62.9 Å². The molecule has 0 aliphatic rings. The summed E-state index contributed by atoms with van der Waals surface area (Å²) in [5.41, 5.74) is 5.99. The predicted octanol–water partition coefficient (Wildman–Crippen LogP) is 3.66. The van der Waals surface area contributed by atoms with Crippen LogP contribution in [0.2, 0.25) is 0 Å². The number of thioether (sulfide) groups is 1. The molecule has 3 aromatic rings. The van der Waals surface area contributed by atoms with E-state index in [0.29, 0.717) is 5.16 Å². The van der Waals surface area contributed by atoms with Crippen molar-refractivity contribution in [1.29, 1.82) is 0 Å². The zero-order valence-electron chi connectivity index (χ0n) is 18.4. The van der Waals surface area contributed by atoms with Crippen molar-refractivity contribution in [3.8, 4) is 5.69 Å².